The van der Waals surface area contributed by atoms with E-state index in [1.54, 1.807) is 0 Å². The molecule has 1 aromatic heterocycles. The van der Waals surface area contributed by atoms with Gasteiger partial charge in [-0.25, -0.2) is 0 Å². The Balaban J connectivity index is 0.000000531. The predicted octanol–water partition coefficient (Wildman–Crippen LogP) is 3.72. The van der Waals surface area contributed by atoms with E-state index in [2.05, 4.69) is 36.2 Å². The molecule has 0 radical (unpaired) electrons. The molecule has 0 saturated heterocycles. The highest BCUT2D eigenvalue weighted by Gasteiger charge is 2.04. The molecule has 1 N–H and O–H groups in total. The average molecular weight is 202 g/mol. The molecule has 2 heteroatoms. The summed E-state index contributed by atoms with van der Waals surface area (Å²) in [6.45, 7) is 8.17. The van der Waals surface area contributed by atoms with E-state index in [0.717, 1.165) is 5.69 Å². The molecule has 0 aliphatic heterocycles. The van der Waals surface area contributed by atoms with Crippen LogP contribution in [0.5, 0.6) is 0 Å². The second-order valence-corrected chi connectivity index (χ2v) is 3.24. The third kappa shape index (κ3) is 2.46. The lowest BCUT2D eigenvalue weighted by molar-refractivity contribution is 1.09. The van der Waals surface area contributed by atoms with Gasteiger partial charge in [-0.2, -0.15) is 5.10 Å². The quantitative estimate of drug-likeness (QED) is 0.750. The molecule has 0 atom stereocenters. The Labute approximate surface area is 91.4 Å². The smallest absolute Gasteiger partial charge is 0.0681 e. The van der Waals surface area contributed by atoms with Crippen LogP contribution in [0.3, 0.4) is 0 Å². The van der Waals surface area contributed by atoms with Crippen molar-refractivity contribution in [3.63, 3.8) is 0 Å². The van der Waals surface area contributed by atoms with E-state index in [9.17, 15) is 0 Å². The first-order chi connectivity index (χ1) is 7.29. The van der Waals surface area contributed by atoms with Gasteiger partial charge in [-0.05, 0) is 25.0 Å². The number of H-pyrrole nitrogens is 1. The van der Waals surface area contributed by atoms with Crippen LogP contribution >= 0.6 is 0 Å². The van der Waals surface area contributed by atoms with Crippen molar-refractivity contribution < 1.29 is 0 Å². The van der Waals surface area contributed by atoms with Crippen LogP contribution in [0.15, 0.2) is 30.5 Å². The maximum Gasteiger partial charge on any atom is 0.0681 e. The zero-order valence-corrected chi connectivity index (χ0v) is 9.83. The van der Waals surface area contributed by atoms with E-state index in [0.29, 0.717) is 0 Å². The van der Waals surface area contributed by atoms with Crippen molar-refractivity contribution in [2.75, 3.05) is 0 Å². The lowest BCUT2D eigenvalue weighted by Gasteiger charge is -2.02. The highest BCUT2D eigenvalue weighted by atomic mass is 15.1. The highest BCUT2D eigenvalue weighted by Crippen LogP contribution is 2.23. The third-order valence-electron chi connectivity index (χ3n) is 2.24. The Morgan fingerprint density at radius 3 is 2.20 bits per heavy atom. The zero-order valence-electron chi connectivity index (χ0n) is 9.83. The van der Waals surface area contributed by atoms with Crippen LogP contribution in [0, 0.1) is 13.8 Å². The second-order valence-electron chi connectivity index (χ2n) is 3.24. The lowest BCUT2D eigenvalue weighted by atomic mass is 10.0. The van der Waals surface area contributed by atoms with Gasteiger partial charge in [-0.1, -0.05) is 38.1 Å². The van der Waals surface area contributed by atoms with Crippen LogP contribution in [0.25, 0.3) is 11.3 Å². The largest absolute Gasteiger partial charge is 0.278 e. The van der Waals surface area contributed by atoms with Crippen LogP contribution in [-0.4, -0.2) is 10.2 Å². The van der Waals surface area contributed by atoms with Gasteiger partial charge in [0.05, 0.1) is 11.9 Å². The normalized spacial score (nSPS) is 9.33. The van der Waals surface area contributed by atoms with Crippen LogP contribution in [0.1, 0.15) is 25.0 Å². The number of hydrogen-bond acceptors (Lipinski definition) is 1. The molecule has 1 heterocycles. The number of aromatic nitrogens is 2. The number of rotatable bonds is 1. The molecule has 2 rings (SSSR count). The fourth-order valence-corrected chi connectivity index (χ4v) is 1.47. The van der Waals surface area contributed by atoms with E-state index in [-0.39, 0.29) is 0 Å². The van der Waals surface area contributed by atoms with E-state index in [1.807, 2.05) is 32.2 Å². The molecular formula is C13H18N2. The molecule has 0 spiro atoms. The minimum absolute atomic E-state index is 1.12. The predicted molar refractivity (Wildman–Crippen MR) is 64.8 cm³/mol. The molecule has 0 saturated carbocycles. The molecule has 80 valence electrons. The topological polar surface area (TPSA) is 28.7 Å². The molecule has 0 fully saturated rings. The zero-order chi connectivity index (χ0) is 11.3. The number of nitrogens with zero attached hydrogens (tertiary/aromatic N) is 1. The highest BCUT2D eigenvalue weighted by molar-refractivity contribution is 5.65. The molecule has 0 bridgehead atoms. The summed E-state index contributed by atoms with van der Waals surface area (Å²) < 4.78 is 0. The van der Waals surface area contributed by atoms with E-state index in [1.165, 1.54) is 16.7 Å². The summed E-state index contributed by atoms with van der Waals surface area (Å²) in [6, 6.07) is 8.30. The van der Waals surface area contributed by atoms with E-state index >= 15 is 0 Å². The molecule has 0 aliphatic carbocycles. The van der Waals surface area contributed by atoms with E-state index < -0.39 is 0 Å². The maximum atomic E-state index is 4.01. The van der Waals surface area contributed by atoms with Crippen molar-refractivity contribution in [3.05, 3.63) is 41.6 Å². The minimum Gasteiger partial charge on any atom is -0.278 e. The molecule has 15 heavy (non-hydrogen) atoms. The van der Waals surface area contributed by atoms with Gasteiger partial charge in [0, 0.05) is 5.56 Å². The fraction of sp³-hybridized carbons (Fsp3) is 0.308. The second kappa shape index (κ2) is 5.35. The Kier molecular flexibility index (Phi) is 4.10. The Hall–Kier alpha value is -1.57. The van der Waals surface area contributed by atoms with E-state index in [4.69, 9.17) is 0 Å². The van der Waals surface area contributed by atoms with Gasteiger partial charge >= 0.3 is 0 Å². The third-order valence-corrected chi connectivity index (χ3v) is 2.24. The van der Waals surface area contributed by atoms with Crippen molar-refractivity contribution in [3.8, 4) is 11.3 Å². The molecule has 2 nitrogen and oxygen atoms in total. The Morgan fingerprint density at radius 1 is 1.00 bits per heavy atom. The first kappa shape index (κ1) is 11.5. The van der Waals surface area contributed by atoms with Gasteiger partial charge in [0.25, 0.3) is 0 Å². The van der Waals surface area contributed by atoms with Gasteiger partial charge < -0.3 is 0 Å². The van der Waals surface area contributed by atoms with Gasteiger partial charge in [-0.15, -0.1) is 0 Å². The molecule has 2 aromatic rings. The summed E-state index contributed by atoms with van der Waals surface area (Å²) in [6.07, 6.45) is 1.85. The fourth-order valence-electron chi connectivity index (χ4n) is 1.47. The summed E-state index contributed by atoms with van der Waals surface area (Å²) in [7, 11) is 0. The standard InChI is InChI=1S/C11H12N2.C2H6/c1-8-5-3-4-6-10(8)11-9(2)7-12-13-11;1-2/h3-7H,1-2H3,(H,12,13);1-2H3. The van der Waals surface area contributed by atoms with Crippen molar-refractivity contribution in [1.82, 2.24) is 10.2 Å². The maximum absolute atomic E-state index is 4.01. The monoisotopic (exact) mass is 202 g/mol. The van der Waals surface area contributed by atoms with Gasteiger partial charge in [0.2, 0.25) is 0 Å². The van der Waals surface area contributed by atoms with Gasteiger partial charge in [0.15, 0.2) is 0 Å². The van der Waals surface area contributed by atoms with Crippen molar-refractivity contribution in [2.45, 2.75) is 27.7 Å². The number of hydrogen-bond donors (Lipinski definition) is 1. The first-order valence-corrected chi connectivity index (χ1v) is 5.35. The summed E-state index contributed by atoms with van der Waals surface area (Å²) in [5, 5.41) is 7.03. The number of nitrogens with one attached hydrogen (secondary N) is 1. The summed E-state index contributed by atoms with van der Waals surface area (Å²) in [5.41, 5.74) is 4.82. The number of aryl methyl sites for hydroxylation is 2. The molecule has 0 amide bonds. The molecule has 0 aliphatic rings. The Morgan fingerprint density at radius 2 is 1.67 bits per heavy atom. The SMILES string of the molecule is CC.Cc1ccccc1-c1[nH]ncc1C. The summed E-state index contributed by atoms with van der Waals surface area (Å²) >= 11 is 0. The number of benzene rings is 1. The van der Waals surface area contributed by atoms with Crippen molar-refractivity contribution in [1.29, 1.82) is 0 Å². The summed E-state index contributed by atoms with van der Waals surface area (Å²) in [4.78, 5) is 0. The van der Waals surface area contributed by atoms with Gasteiger partial charge in [0.1, 0.15) is 0 Å². The Bertz CT molecular complexity index is 416. The van der Waals surface area contributed by atoms with Gasteiger partial charge in [-0.3, -0.25) is 5.10 Å². The van der Waals surface area contributed by atoms with Crippen molar-refractivity contribution >= 4 is 0 Å². The van der Waals surface area contributed by atoms with Crippen LogP contribution < -0.4 is 0 Å². The summed E-state index contributed by atoms with van der Waals surface area (Å²) in [5.74, 6) is 0. The van der Waals surface area contributed by atoms with Crippen LogP contribution in [-0.2, 0) is 0 Å². The lowest BCUT2D eigenvalue weighted by Crippen LogP contribution is -1.84. The van der Waals surface area contributed by atoms with Crippen LogP contribution in [0.4, 0.5) is 0 Å². The molecular weight excluding hydrogens is 184 g/mol. The molecule has 0 unspecified atom stereocenters. The molecule has 1 aromatic carbocycles. The average Bonchev–Trinajstić information content (AvgIpc) is 2.68. The number of aromatic amines is 1. The van der Waals surface area contributed by atoms with Crippen molar-refractivity contribution in [2.24, 2.45) is 0 Å². The first-order valence-electron chi connectivity index (χ1n) is 5.35. The van der Waals surface area contributed by atoms with Crippen LogP contribution in [0.2, 0.25) is 0 Å². The minimum atomic E-state index is 1.12.